The zero-order valence-corrected chi connectivity index (χ0v) is 19.6. The Morgan fingerprint density at radius 2 is 1.75 bits per heavy atom. The lowest BCUT2D eigenvalue weighted by Crippen LogP contribution is -2.25. The van der Waals surface area contributed by atoms with Gasteiger partial charge in [0.1, 0.15) is 5.75 Å². The molecule has 0 aliphatic rings. The topological polar surface area (TPSA) is 97.4 Å². The van der Waals surface area contributed by atoms with Crippen LogP contribution in [0.25, 0.3) is 0 Å². The molecule has 32 heavy (non-hydrogen) atoms. The quantitative estimate of drug-likeness (QED) is 0.565. The van der Waals surface area contributed by atoms with Gasteiger partial charge in [0.15, 0.2) is 0 Å². The summed E-state index contributed by atoms with van der Waals surface area (Å²) in [5.74, 6) is 0.849. The summed E-state index contributed by atoms with van der Waals surface area (Å²) in [4.78, 5) is 17.1. The standard InChI is InChI=1S/C24H27N3O4S/c1-15-6-7-16(2)21(10-15)31-23-9-8-19(13-26-23)14-27-24(28)20-11-17(3)18(4)22(12-20)32(29,30)25-5/h6-13,25H,14H2,1-5H3,(H,27,28). The molecular formula is C24H27N3O4S. The summed E-state index contributed by atoms with van der Waals surface area (Å²) in [7, 11) is -2.32. The molecule has 7 nitrogen and oxygen atoms in total. The molecule has 2 N–H and O–H groups in total. The molecule has 3 rings (SSSR count). The fraction of sp³-hybridized carbons (Fsp3) is 0.250. The molecule has 0 aliphatic carbocycles. The minimum atomic E-state index is -3.66. The number of hydrogen-bond donors (Lipinski definition) is 2. The summed E-state index contributed by atoms with van der Waals surface area (Å²) in [6.45, 7) is 7.71. The lowest BCUT2D eigenvalue weighted by molar-refractivity contribution is 0.0950. The highest BCUT2D eigenvalue weighted by Crippen LogP contribution is 2.25. The number of carbonyl (C=O) groups excluding carboxylic acids is 1. The van der Waals surface area contributed by atoms with E-state index in [9.17, 15) is 13.2 Å². The number of ether oxygens (including phenoxy) is 1. The van der Waals surface area contributed by atoms with Gasteiger partial charge in [-0.05, 0) is 80.8 Å². The molecule has 1 heterocycles. The van der Waals surface area contributed by atoms with Crippen LogP contribution in [0.2, 0.25) is 0 Å². The Morgan fingerprint density at radius 1 is 1.00 bits per heavy atom. The monoisotopic (exact) mass is 453 g/mol. The Bertz CT molecular complexity index is 1250. The summed E-state index contributed by atoms with van der Waals surface area (Å²) >= 11 is 0. The maximum absolute atomic E-state index is 12.7. The van der Waals surface area contributed by atoms with Gasteiger partial charge in [-0.15, -0.1) is 0 Å². The maximum Gasteiger partial charge on any atom is 0.251 e. The molecule has 0 bridgehead atoms. The summed E-state index contributed by atoms with van der Waals surface area (Å²) < 4.78 is 32.7. The Kier molecular flexibility index (Phi) is 6.96. The number of pyridine rings is 1. The summed E-state index contributed by atoms with van der Waals surface area (Å²) in [6.07, 6.45) is 1.64. The zero-order valence-electron chi connectivity index (χ0n) is 18.8. The Morgan fingerprint density at radius 3 is 2.41 bits per heavy atom. The van der Waals surface area contributed by atoms with Gasteiger partial charge in [0, 0.05) is 24.4 Å². The molecule has 0 fully saturated rings. The van der Waals surface area contributed by atoms with E-state index >= 15 is 0 Å². The molecule has 1 amide bonds. The number of aromatic nitrogens is 1. The number of nitrogens with zero attached hydrogens (tertiary/aromatic N) is 1. The van der Waals surface area contributed by atoms with Gasteiger partial charge in [-0.1, -0.05) is 18.2 Å². The predicted octanol–water partition coefficient (Wildman–Crippen LogP) is 3.95. The van der Waals surface area contributed by atoms with E-state index in [1.54, 1.807) is 32.2 Å². The lowest BCUT2D eigenvalue weighted by Gasteiger charge is -2.13. The second-order valence-corrected chi connectivity index (χ2v) is 9.54. The molecule has 1 aromatic heterocycles. The molecule has 0 atom stereocenters. The van der Waals surface area contributed by atoms with Crippen molar-refractivity contribution in [1.29, 1.82) is 0 Å². The highest BCUT2D eigenvalue weighted by molar-refractivity contribution is 7.89. The maximum atomic E-state index is 12.7. The average Bonchev–Trinajstić information content (AvgIpc) is 2.77. The van der Waals surface area contributed by atoms with E-state index in [1.807, 2.05) is 38.1 Å². The summed E-state index contributed by atoms with van der Waals surface area (Å²) in [5.41, 5.74) is 4.52. The van der Waals surface area contributed by atoms with Crippen LogP contribution >= 0.6 is 0 Å². The molecule has 0 radical (unpaired) electrons. The van der Waals surface area contributed by atoms with Crippen molar-refractivity contribution in [3.63, 3.8) is 0 Å². The second kappa shape index (κ2) is 9.50. The number of carbonyl (C=O) groups is 1. The molecule has 0 spiro atoms. The third-order valence-electron chi connectivity index (χ3n) is 5.25. The number of aryl methyl sites for hydroxylation is 3. The highest BCUT2D eigenvalue weighted by Gasteiger charge is 2.19. The molecule has 3 aromatic rings. The molecule has 0 unspecified atom stereocenters. The van der Waals surface area contributed by atoms with Crippen LogP contribution in [0.3, 0.4) is 0 Å². The van der Waals surface area contributed by atoms with Crippen molar-refractivity contribution in [2.24, 2.45) is 0 Å². The Hall–Kier alpha value is -3.23. The van der Waals surface area contributed by atoms with Gasteiger partial charge in [0.2, 0.25) is 15.9 Å². The van der Waals surface area contributed by atoms with Crippen LogP contribution < -0.4 is 14.8 Å². The molecule has 8 heteroatoms. The van der Waals surface area contributed by atoms with E-state index in [1.165, 1.54) is 13.1 Å². The number of hydrogen-bond acceptors (Lipinski definition) is 5. The minimum Gasteiger partial charge on any atom is -0.439 e. The van der Waals surface area contributed by atoms with Gasteiger partial charge in [-0.2, -0.15) is 0 Å². The number of rotatable bonds is 7. The van der Waals surface area contributed by atoms with E-state index in [2.05, 4.69) is 15.0 Å². The van der Waals surface area contributed by atoms with Crippen LogP contribution in [-0.4, -0.2) is 26.4 Å². The van der Waals surface area contributed by atoms with Gasteiger partial charge in [0.05, 0.1) is 4.90 Å². The first kappa shape index (κ1) is 23.4. The van der Waals surface area contributed by atoms with Crippen molar-refractivity contribution in [2.45, 2.75) is 39.1 Å². The lowest BCUT2D eigenvalue weighted by atomic mass is 10.1. The van der Waals surface area contributed by atoms with Crippen molar-refractivity contribution in [2.75, 3.05) is 7.05 Å². The highest BCUT2D eigenvalue weighted by atomic mass is 32.2. The van der Waals surface area contributed by atoms with E-state index in [4.69, 9.17) is 4.74 Å². The van der Waals surface area contributed by atoms with E-state index in [0.29, 0.717) is 11.4 Å². The fourth-order valence-electron chi connectivity index (χ4n) is 3.14. The first-order chi connectivity index (χ1) is 15.1. The molecule has 2 aromatic carbocycles. The van der Waals surface area contributed by atoms with Crippen LogP contribution in [0, 0.1) is 27.7 Å². The zero-order chi connectivity index (χ0) is 23.5. The van der Waals surface area contributed by atoms with Crippen molar-refractivity contribution < 1.29 is 17.9 Å². The van der Waals surface area contributed by atoms with Crippen LogP contribution in [0.5, 0.6) is 11.6 Å². The third kappa shape index (κ3) is 5.33. The second-order valence-electron chi connectivity index (χ2n) is 7.68. The van der Waals surface area contributed by atoms with Crippen molar-refractivity contribution in [3.05, 3.63) is 82.0 Å². The van der Waals surface area contributed by atoms with E-state index in [-0.39, 0.29) is 22.9 Å². The molecule has 168 valence electrons. The first-order valence-electron chi connectivity index (χ1n) is 10.1. The average molecular weight is 454 g/mol. The first-order valence-corrected chi connectivity index (χ1v) is 11.6. The normalized spacial score (nSPS) is 11.3. The van der Waals surface area contributed by atoms with Crippen LogP contribution in [0.1, 0.15) is 38.2 Å². The molecule has 0 aliphatic heterocycles. The van der Waals surface area contributed by atoms with Gasteiger partial charge in [-0.3, -0.25) is 4.79 Å². The van der Waals surface area contributed by atoms with Crippen molar-refractivity contribution in [3.8, 4) is 11.6 Å². The smallest absolute Gasteiger partial charge is 0.251 e. The van der Waals surface area contributed by atoms with E-state index < -0.39 is 10.0 Å². The fourth-order valence-corrected chi connectivity index (χ4v) is 4.20. The van der Waals surface area contributed by atoms with Crippen molar-refractivity contribution in [1.82, 2.24) is 15.0 Å². The van der Waals surface area contributed by atoms with Crippen LogP contribution in [0.4, 0.5) is 0 Å². The SMILES string of the molecule is CNS(=O)(=O)c1cc(C(=O)NCc2ccc(Oc3cc(C)ccc3C)nc2)cc(C)c1C. The number of sulfonamides is 1. The number of amides is 1. The van der Waals surface area contributed by atoms with E-state index in [0.717, 1.165) is 28.0 Å². The minimum absolute atomic E-state index is 0.0970. The summed E-state index contributed by atoms with van der Waals surface area (Å²) in [5, 5.41) is 2.81. The summed E-state index contributed by atoms with van der Waals surface area (Å²) in [6, 6.07) is 12.6. The Balaban J connectivity index is 1.69. The number of benzene rings is 2. The predicted molar refractivity (Wildman–Crippen MR) is 124 cm³/mol. The molecule has 0 saturated carbocycles. The number of nitrogens with one attached hydrogen (secondary N) is 2. The van der Waals surface area contributed by atoms with Crippen molar-refractivity contribution >= 4 is 15.9 Å². The van der Waals surface area contributed by atoms with Crippen LogP contribution in [-0.2, 0) is 16.6 Å². The third-order valence-corrected chi connectivity index (χ3v) is 6.79. The molecule has 0 saturated heterocycles. The van der Waals surface area contributed by atoms with Gasteiger partial charge < -0.3 is 10.1 Å². The Labute approximate surface area is 188 Å². The largest absolute Gasteiger partial charge is 0.439 e. The van der Waals surface area contributed by atoms with Gasteiger partial charge in [-0.25, -0.2) is 18.1 Å². The molecular weight excluding hydrogens is 426 g/mol. The van der Waals surface area contributed by atoms with Crippen LogP contribution in [0.15, 0.2) is 53.6 Å². The van der Waals surface area contributed by atoms with Gasteiger partial charge in [0.25, 0.3) is 5.91 Å². The van der Waals surface area contributed by atoms with Gasteiger partial charge >= 0.3 is 0 Å².